The molecular weight excluding hydrogens is 518 g/mol. The number of quaternary nitrogens is 1. The van der Waals surface area contributed by atoms with Gasteiger partial charge in [0.05, 0.1) is 0 Å². The summed E-state index contributed by atoms with van der Waals surface area (Å²) >= 11 is 0. The van der Waals surface area contributed by atoms with Crippen molar-refractivity contribution in [1.82, 2.24) is 4.90 Å². The SMILES string of the molecule is CC1=C(CCCCN)N=C[N@+]1(C(=O)N1CCC(=C(F)F)CC1)C(c1ccccc1)(c1ccccc1)c1ccccc1. The lowest BCUT2D eigenvalue weighted by Gasteiger charge is -2.49. The molecule has 2 aliphatic rings. The van der Waals surface area contributed by atoms with E-state index in [1.54, 1.807) is 11.2 Å². The highest BCUT2D eigenvalue weighted by Crippen LogP contribution is 2.52. The molecule has 2 amide bonds. The summed E-state index contributed by atoms with van der Waals surface area (Å²) in [4.78, 5) is 21.9. The van der Waals surface area contributed by atoms with Crippen molar-refractivity contribution in [1.29, 1.82) is 0 Å². The number of urea groups is 1. The number of likely N-dealkylation sites (tertiary alicyclic amines) is 1. The smallest absolute Gasteiger partial charge is 0.330 e. The summed E-state index contributed by atoms with van der Waals surface area (Å²) in [5, 5.41) is 0. The highest BCUT2D eigenvalue weighted by molar-refractivity contribution is 5.82. The zero-order valence-corrected chi connectivity index (χ0v) is 23.5. The Balaban J connectivity index is 1.82. The third-order valence-electron chi connectivity index (χ3n) is 8.51. The van der Waals surface area contributed by atoms with Crippen molar-refractivity contribution in [2.45, 2.75) is 44.6 Å². The third-order valence-corrected chi connectivity index (χ3v) is 8.51. The molecule has 2 aliphatic heterocycles. The maximum absolute atomic E-state index is 15.2. The van der Waals surface area contributed by atoms with E-state index in [9.17, 15) is 8.78 Å². The molecule has 0 aliphatic carbocycles. The molecule has 3 aromatic carbocycles. The largest absolute Gasteiger partial charge is 0.431 e. The van der Waals surface area contributed by atoms with E-state index in [1.165, 1.54) is 0 Å². The molecule has 1 atom stereocenters. The number of unbranched alkanes of at least 4 members (excludes halogenated alkanes) is 1. The molecule has 5 nitrogen and oxygen atoms in total. The van der Waals surface area contributed by atoms with Crippen LogP contribution in [0.2, 0.25) is 0 Å². The topological polar surface area (TPSA) is 58.7 Å². The van der Waals surface area contributed by atoms with Crippen LogP contribution in [0.3, 0.4) is 0 Å². The van der Waals surface area contributed by atoms with Crippen LogP contribution in [-0.2, 0) is 5.54 Å². The first-order valence-electron chi connectivity index (χ1n) is 14.3. The van der Waals surface area contributed by atoms with E-state index in [4.69, 9.17) is 10.7 Å². The Kier molecular flexibility index (Phi) is 8.57. The monoisotopic (exact) mass is 555 g/mol. The van der Waals surface area contributed by atoms with Crippen LogP contribution in [-0.4, -0.2) is 41.4 Å². The Morgan fingerprint density at radius 1 is 0.854 bits per heavy atom. The fourth-order valence-electron chi connectivity index (χ4n) is 6.43. The maximum Gasteiger partial charge on any atom is 0.431 e. The first-order chi connectivity index (χ1) is 20.0. The van der Waals surface area contributed by atoms with Crippen molar-refractivity contribution < 1.29 is 18.1 Å². The van der Waals surface area contributed by atoms with Crippen LogP contribution in [0.15, 0.2) is 119 Å². The van der Waals surface area contributed by atoms with Gasteiger partial charge in [0.15, 0.2) is 5.54 Å². The summed E-state index contributed by atoms with van der Waals surface area (Å²) in [6.45, 7) is 3.04. The Labute approximate surface area is 240 Å². The molecule has 2 heterocycles. The highest BCUT2D eigenvalue weighted by Gasteiger charge is 2.64. The van der Waals surface area contributed by atoms with Crippen molar-refractivity contribution in [2.24, 2.45) is 10.7 Å². The highest BCUT2D eigenvalue weighted by atomic mass is 19.3. The molecule has 212 valence electrons. The predicted molar refractivity (Wildman–Crippen MR) is 159 cm³/mol. The predicted octanol–water partition coefficient (Wildman–Crippen LogP) is 7.56. The van der Waals surface area contributed by atoms with Crippen LogP contribution in [0, 0.1) is 0 Å². The second-order valence-electron chi connectivity index (χ2n) is 10.7. The molecule has 0 aromatic heterocycles. The van der Waals surface area contributed by atoms with Gasteiger partial charge in [-0.3, -0.25) is 4.90 Å². The normalized spacial score (nSPS) is 19.1. The average molecular weight is 556 g/mol. The number of amides is 2. The minimum atomic E-state index is -1.63. The number of piperidine rings is 1. The number of halogens is 2. The summed E-state index contributed by atoms with van der Waals surface area (Å²) < 4.78 is 26.7. The van der Waals surface area contributed by atoms with Gasteiger partial charge in [-0.25, -0.2) is 9.79 Å². The fraction of sp³-hybridized carbons (Fsp3) is 0.294. The lowest BCUT2D eigenvalue weighted by Crippen LogP contribution is -2.67. The molecule has 0 bridgehead atoms. The molecule has 5 rings (SSSR count). The third kappa shape index (κ3) is 4.94. The molecule has 0 radical (unpaired) electrons. The van der Waals surface area contributed by atoms with Gasteiger partial charge in [0, 0.05) is 36.7 Å². The van der Waals surface area contributed by atoms with E-state index < -0.39 is 11.6 Å². The van der Waals surface area contributed by atoms with Crippen LogP contribution < -0.4 is 5.73 Å². The number of aliphatic imine (C=N–C) groups is 1. The maximum atomic E-state index is 15.2. The number of carbonyl (C=O) groups excluding carboxylic acids is 1. The molecular formula is C34H37F2N4O+. The quantitative estimate of drug-likeness (QED) is 0.177. The van der Waals surface area contributed by atoms with Crippen molar-refractivity contribution >= 4 is 12.4 Å². The molecule has 41 heavy (non-hydrogen) atoms. The van der Waals surface area contributed by atoms with Crippen molar-refractivity contribution in [3.8, 4) is 0 Å². The number of benzene rings is 3. The van der Waals surface area contributed by atoms with E-state index in [0.717, 1.165) is 40.9 Å². The summed E-state index contributed by atoms with van der Waals surface area (Å²) in [5.41, 5.74) is 9.41. The summed E-state index contributed by atoms with van der Waals surface area (Å²) in [5.74, 6) is 0. The molecule has 1 saturated heterocycles. The number of hydrogen-bond acceptors (Lipinski definition) is 3. The van der Waals surface area contributed by atoms with Gasteiger partial charge in [-0.1, -0.05) is 91.0 Å². The van der Waals surface area contributed by atoms with Gasteiger partial charge in [0.25, 0.3) is 6.08 Å². The zero-order valence-electron chi connectivity index (χ0n) is 23.5. The Morgan fingerprint density at radius 3 is 1.78 bits per heavy atom. The number of carbonyl (C=O) groups is 1. The Morgan fingerprint density at radius 2 is 1.34 bits per heavy atom. The van der Waals surface area contributed by atoms with E-state index >= 15 is 4.79 Å². The molecule has 1 fully saturated rings. The average Bonchev–Trinajstić information content (AvgIpc) is 3.35. The number of nitrogens with two attached hydrogens (primary N) is 1. The van der Waals surface area contributed by atoms with Crippen molar-refractivity contribution in [2.75, 3.05) is 19.6 Å². The van der Waals surface area contributed by atoms with Crippen LogP contribution >= 0.6 is 0 Å². The summed E-state index contributed by atoms with van der Waals surface area (Å²) in [7, 11) is 0. The van der Waals surface area contributed by atoms with E-state index in [0.29, 0.717) is 13.0 Å². The van der Waals surface area contributed by atoms with E-state index in [2.05, 4.69) is 36.4 Å². The summed E-state index contributed by atoms with van der Waals surface area (Å²) in [6, 6.07) is 30.1. The summed E-state index contributed by atoms with van der Waals surface area (Å²) in [6.07, 6.45) is 2.90. The van der Waals surface area contributed by atoms with Gasteiger partial charge in [0.1, 0.15) is 11.4 Å². The Bertz CT molecular complexity index is 1340. The van der Waals surface area contributed by atoms with Gasteiger partial charge in [-0.2, -0.15) is 13.3 Å². The minimum Gasteiger partial charge on any atom is -0.330 e. The van der Waals surface area contributed by atoms with Crippen LogP contribution in [0.1, 0.15) is 55.7 Å². The Hall–Kier alpha value is -3.94. The standard InChI is InChI=1S/C34H37F2N4O/c1-26-31(19-11-12-22-37)38-25-40(26,33(41)39-23-20-27(21-24-39)32(35)36)34(28-13-5-2-6-14-28,29-15-7-3-8-16-29)30-17-9-4-10-18-30/h2-10,13-18,25H,11-12,19-24,37H2,1H3/q+1/t40-/m0/s1. The molecule has 2 N–H and O–H groups in total. The molecule has 7 heteroatoms. The first kappa shape index (κ1) is 28.6. The van der Waals surface area contributed by atoms with E-state index in [1.807, 2.05) is 61.5 Å². The molecule has 0 saturated carbocycles. The number of allylic oxidation sites excluding steroid dienone is 2. The van der Waals surface area contributed by atoms with Crippen molar-refractivity contribution in [3.63, 3.8) is 0 Å². The molecule has 0 spiro atoms. The van der Waals surface area contributed by atoms with Crippen LogP contribution in [0.4, 0.5) is 13.6 Å². The zero-order chi connectivity index (χ0) is 28.9. The van der Waals surface area contributed by atoms with Gasteiger partial charge < -0.3 is 5.73 Å². The van der Waals surface area contributed by atoms with Gasteiger partial charge in [-0.15, -0.1) is 0 Å². The van der Waals surface area contributed by atoms with Gasteiger partial charge in [-0.05, 0) is 44.2 Å². The van der Waals surface area contributed by atoms with Crippen molar-refractivity contribution in [3.05, 3.63) is 131 Å². The second-order valence-corrected chi connectivity index (χ2v) is 10.7. The van der Waals surface area contributed by atoms with Gasteiger partial charge in [0.2, 0.25) is 6.34 Å². The minimum absolute atomic E-state index is 0.130. The molecule has 3 aromatic rings. The number of nitrogens with zero attached hydrogens (tertiary/aromatic N) is 3. The lowest BCUT2D eigenvalue weighted by molar-refractivity contribution is -0.767. The van der Waals surface area contributed by atoms with Crippen LogP contribution in [0.5, 0.6) is 0 Å². The van der Waals surface area contributed by atoms with Crippen LogP contribution in [0.25, 0.3) is 0 Å². The number of hydrogen-bond donors (Lipinski definition) is 1. The lowest BCUT2D eigenvalue weighted by atomic mass is 9.73. The second kappa shape index (κ2) is 12.3. The first-order valence-corrected chi connectivity index (χ1v) is 14.3. The molecule has 0 unspecified atom stereocenters. The van der Waals surface area contributed by atoms with Gasteiger partial charge >= 0.3 is 6.03 Å². The fourth-order valence-corrected chi connectivity index (χ4v) is 6.43. The van der Waals surface area contributed by atoms with E-state index in [-0.39, 0.29) is 42.0 Å². The number of rotatable bonds is 8.